The molecule has 0 aliphatic carbocycles. The molecule has 0 aromatic heterocycles. The molecular weight excluding hydrogens is 229 g/mol. The Labute approximate surface area is 108 Å². The monoisotopic (exact) mass is 251 g/mol. The summed E-state index contributed by atoms with van der Waals surface area (Å²) in [6.07, 6.45) is 5.30. The lowest BCUT2D eigenvalue weighted by atomic mass is 10.1. The molecule has 1 heterocycles. The Kier molecular flexibility index (Phi) is 5.14. The van der Waals surface area contributed by atoms with E-state index in [9.17, 15) is 9.50 Å². The van der Waals surface area contributed by atoms with Crippen molar-refractivity contribution in [1.82, 2.24) is 4.90 Å². The first-order valence-electron chi connectivity index (χ1n) is 6.91. The van der Waals surface area contributed by atoms with E-state index in [0.29, 0.717) is 12.0 Å². The van der Waals surface area contributed by atoms with Crippen LogP contribution in [0.4, 0.5) is 4.39 Å². The zero-order valence-electron chi connectivity index (χ0n) is 10.8. The van der Waals surface area contributed by atoms with Crippen LogP contribution < -0.4 is 0 Å². The van der Waals surface area contributed by atoms with Crippen LogP contribution in [0, 0.1) is 5.82 Å². The minimum atomic E-state index is -0.552. The second kappa shape index (κ2) is 6.86. The first kappa shape index (κ1) is 13.5. The van der Waals surface area contributed by atoms with E-state index in [1.807, 2.05) is 0 Å². The molecule has 1 N–H and O–H groups in total. The number of hydrogen-bond acceptors (Lipinski definition) is 2. The number of aliphatic hydroxyl groups is 1. The van der Waals surface area contributed by atoms with E-state index in [4.69, 9.17) is 0 Å². The summed E-state index contributed by atoms with van der Waals surface area (Å²) in [7, 11) is 0. The SMILES string of the molecule is OC(CCN1CCCCCC1)c1cccc(F)c1. The average molecular weight is 251 g/mol. The third-order valence-corrected chi connectivity index (χ3v) is 3.65. The Morgan fingerprint density at radius 1 is 1.17 bits per heavy atom. The van der Waals surface area contributed by atoms with Gasteiger partial charge in [0, 0.05) is 6.54 Å². The molecule has 18 heavy (non-hydrogen) atoms. The van der Waals surface area contributed by atoms with Gasteiger partial charge in [0.25, 0.3) is 0 Å². The van der Waals surface area contributed by atoms with E-state index in [2.05, 4.69) is 4.90 Å². The van der Waals surface area contributed by atoms with Gasteiger partial charge in [-0.3, -0.25) is 0 Å². The molecule has 0 saturated carbocycles. The van der Waals surface area contributed by atoms with Crippen LogP contribution in [0.1, 0.15) is 43.8 Å². The van der Waals surface area contributed by atoms with Crippen LogP contribution in [0.2, 0.25) is 0 Å². The molecule has 0 bridgehead atoms. The maximum Gasteiger partial charge on any atom is 0.123 e. The first-order valence-corrected chi connectivity index (χ1v) is 6.91. The van der Waals surface area contributed by atoms with Crippen LogP contribution in [0.25, 0.3) is 0 Å². The summed E-state index contributed by atoms with van der Waals surface area (Å²) in [5.41, 5.74) is 0.685. The molecule has 3 heteroatoms. The smallest absolute Gasteiger partial charge is 0.123 e. The second-order valence-corrected chi connectivity index (χ2v) is 5.12. The summed E-state index contributed by atoms with van der Waals surface area (Å²) >= 11 is 0. The summed E-state index contributed by atoms with van der Waals surface area (Å²) in [5, 5.41) is 10.1. The van der Waals surface area contributed by atoms with Crippen LogP contribution in [0.5, 0.6) is 0 Å². The van der Waals surface area contributed by atoms with E-state index in [1.54, 1.807) is 12.1 Å². The number of rotatable bonds is 4. The molecule has 100 valence electrons. The molecule has 1 aliphatic rings. The number of aliphatic hydroxyl groups excluding tert-OH is 1. The minimum Gasteiger partial charge on any atom is -0.388 e. The minimum absolute atomic E-state index is 0.277. The maximum absolute atomic E-state index is 13.1. The van der Waals surface area contributed by atoms with E-state index < -0.39 is 6.10 Å². The van der Waals surface area contributed by atoms with Gasteiger partial charge in [0.2, 0.25) is 0 Å². The Hall–Kier alpha value is -0.930. The predicted octanol–water partition coefficient (Wildman–Crippen LogP) is 3.13. The fraction of sp³-hybridized carbons (Fsp3) is 0.600. The Morgan fingerprint density at radius 3 is 2.56 bits per heavy atom. The summed E-state index contributed by atoms with van der Waals surface area (Å²) in [5.74, 6) is -0.277. The number of halogens is 1. The standard InChI is InChI=1S/C15H22FNO/c16-14-7-5-6-13(12-14)15(18)8-11-17-9-3-1-2-4-10-17/h5-7,12,15,18H,1-4,8-11H2. The van der Waals surface area contributed by atoms with Gasteiger partial charge in [-0.25, -0.2) is 4.39 Å². The van der Waals surface area contributed by atoms with E-state index in [-0.39, 0.29) is 5.82 Å². The maximum atomic E-state index is 13.1. The van der Waals surface area contributed by atoms with Crippen LogP contribution in [-0.2, 0) is 0 Å². The summed E-state index contributed by atoms with van der Waals surface area (Å²) in [6.45, 7) is 3.17. The van der Waals surface area contributed by atoms with E-state index in [0.717, 1.165) is 19.6 Å². The molecule has 1 aromatic carbocycles. The van der Waals surface area contributed by atoms with Crippen LogP contribution in [0.3, 0.4) is 0 Å². The van der Waals surface area contributed by atoms with Gasteiger partial charge in [0.1, 0.15) is 5.82 Å². The van der Waals surface area contributed by atoms with Crippen molar-refractivity contribution >= 4 is 0 Å². The lowest BCUT2D eigenvalue weighted by Gasteiger charge is -2.21. The summed E-state index contributed by atoms with van der Waals surface area (Å²) in [6, 6.07) is 6.27. The molecule has 1 unspecified atom stereocenters. The van der Waals surface area contributed by atoms with Crippen molar-refractivity contribution in [3.63, 3.8) is 0 Å². The highest BCUT2D eigenvalue weighted by Crippen LogP contribution is 2.19. The van der Waals surface area contributed by atoms with Crippen molar-refractivity contribution in [2.45, 2.75) is 38.2 Å². The van der Waals surface area contributed by atoms with Gasteiger partial charge in [-0.05, 0) is 50.0 Å². The van der Waals surface area contributed by atoms with Gasteiger partial charge in [0.15, 0.2) is 0 Å². The topological polar surface area (TPSA) is 23.5 Å². The highest BCUT2D eigenvalue weighted by molar-refractivity contribution is 5.18. The molecule has 1 fully saturated rings. The lowest BCUT2D eigenvalue weighted by Crippen LogP contribution is -2.26. The van der Waals surface area contributed by atoms with Gasteiger partial charge < -0.3 is 10.0 Å². The third-order valence-electron chi connectivity index (χ3n) is 3.65. The molecule has 2 rings (SSSR count). The summed E-state index contributed by atoms with van der Waals surface area (Å²) in [4.78, 5) is 2.41. The molecule has 1 aromatic rings. The fourth-order valence-corrected chi connectivity index (χ4v) is 2.55. The Balaban J connectivity index is 1.82. The van der Waals surface area contributed by atoms with Crippen molar-refractivity contribution < 1.29 is 9.50 Å². The molecule has 1 atom stereocenters. The molecule has 0 amide bonds. The first-order chi connectivity index (χ1) is 8.75. The average Bonchev–Trinajstić information content (AvgIpc) is 2.64. The quantitative estimate of drug-likeness (QED) is 0.888. The molecule has 1 saturated heterocycles. The Morgan fingerprint density at radius 2 is 1.89 bits per heavy atom. The fourth-order valence-electron chi connectivity index (χ4n) is 2.55. The van der Waals surface area contributed by atoms with Crippen molar-refractivity contribution in [2.75, 3.05) is 19.6 Å². The number of hydrogen-bond donors (Lipinski definition) is 1. The van der Waals surface area contributed by atoms with Gasteiger partial charge in [0.05, 0.1) is 6.10 Å². The van der Waals surface area contributed by atoms with Crippen molar-refractivity contribution in [2.24, 2.45) is 0 Å². The van der Waals surface area contributed by atoms with Crippen LogP contribution >= 0.6 is 0 Å². The van der Waals surface area contributed by atoms with Gasteiger partial charge in [-0.2, -0.15) is 0 Å². The van der Waals surface area contributed by atoms with E-state index >= 15 is 0 Å². The second-order valence-electron chi connectivity index (χ2n) is 5.12. The van der Waals surface area contributed by atoms with Crippen LogP contribution in [0.15, 0.2) is 24.3 Å². The van der Waals surface area contributed by atoms with Gasteiger partial charge in [-0.15, -0.1) is 0 Å². The Bertz CT molecular complexity index is 361. The normalized spacial score (nSPS) is 19.4. The highest BCUT2D eigenvalue weighted by atomic mass is 19.1. The number of benzene rings is 1. The number of nitrogens with zero attached hydrogens (tertiary/aromatic N) is 1. The highest BCUT2D eigenvalue weighted by Gasteiger charge is 2.13. The van der Waals surface area contributed by atoms with Gasteiger partial charge in [-0.1, -0.05) is 25.0 Å². The van der Waals surface area contributed by atoms with Crippen LogP contribution in [-0.4, -0.2) is 29.6 Å². The van der Waals surface area contributed by atoms with Crippen molar-refractivity contribution in [1.29, 1.82) is 0 Å². The molecule has 1 aliphatic heterocycles. The molecule has 2 nitrogen and oxygen atoms in total. The largest absolute Gasteiger partial charge is 0.388 e. The lowest BCUT2D eigenvalue weighted by molar-refractivity contribution is 0.142. The molecular formula is C15H22FNO. The van der Waals surface area contributed by atoms with Crippen molar-refractivity contribution in [3.8, 4) is 0 Å². The number of likely N-dealkylation sites (tertiary alicyclic amines) is 1. The molecule has 0 radical (unpaired) electrons. The van der Waals surface area contributed by atoms with Gasteiger partial charge >= 0.3 is 0 Å². The zero-order valence-corrected chi connectivity index (χ0v) is 10.8. The van der Waals surface area contributed by atoms with Crippen molar-refractivity contribution in [3.05, 3.63) is 35.6 Å². The zero-order chi connectivity index (χ0) is 12.8. The van der Waals surface area contributed by atoms with E-state index in [1.165, 1.54) is 37.8 Å². The third kappa shape index (κ3) is 4.07. The predicted molar refractivity (Wildman–Crippen MR) is 70.9 cm³/mol. The molecule has 0 spiro atoms. The summed E-state index contributed by atoms with van der Waals surface area (Å²) < 4.78 is 13.1.